The number of benzene rings is 2. The normalized spacial score (nSPS) is 17.2. The third kappa shape index (κ3) is 6.92. The molecule has 2 aromatic rings. The van der Waals surface area contributed by atoms with Crippen molar-refractivity contribution in [1.29, 1.82) is 0 Å². The summed E-state index contributed by atoms with van der Waals surface area (Å²) < 4.78 is 11.5. The van der Waals surface area contributed by atoms with Gasteiger partial charge in [0.1, 0.15) is 17.3 Å². The minimum atomic E-state index is -0.700. The van der Waals surface area contributed by atoms with Gasteiger partial charge in [0.15, 0.2) is 0 Å². The molecular formula is C30H40N2O5. The van der Waals surface area contributed by atoms with Gasteiger partial charge < -0.3 is 24.4 Å². The third-order valence-corrected chi connectivity index (χ3v) is 6.45. The summed E-state index contributed by atoms with van der Waals surface area (Å²) >= 11 is 0. The van der Waals surface area contributed by atoms with E-state index in [1.807, 2.05) is 45.0 Å². The lowest BCUT2D eigenvalue weighted by Gasteiger charge is -2.27. The number of hydrogen-bond acceptors (Lipinski definition) is 6. The number of rotatable bonds is 13. The second kappa shape index (κ2) is 13.3. The zero-order valence-corrected chi connectivity index (χ0v) is 22.7. The van der Waals surface area contributed by atoms with Gasteiger partial charge in [0, 0.05) is 12.1 Å². The predicted molar refractivity (Wildman–Crippen MR) is 146 cm³/mol. The first-order chi connectivity index (χ1) is 17.8. The number of hydrogen-bond donors (Lipinski definition) is 1. The monoisotopic (exact) mass is 508 g/mol. The fraction of sp³-hybridized carbons (Fsp3) is 0.467. The van der Waals surface area contributed by atoms with E-state index in [1.54, 1.807) is 29.2 Å². The Morgan fingerprint density at radius 2 is 1.73 bits per heavy atom. The molecule has 1 unspecified atom stereocenters. The summed E-state index contributed by atoms with van der Waals surface area (Å²) in [6.45, 7) is 13.8. The highest BCUT2D eigenvalue weighted by atomic mass is 16.5. The molecule has 0 radical (unpaired) electrons. The summed E-state index contributed by atoms with van der Waals surface area (Å²) in [5.41, 5.74) is 1.29. The molecule has 1 amide bonds. The number of carbonyl (C=O) groups excluding carboxylic acids is 2. The van der Waals surface area contributed by atoms with Crippen LogP contribution in [0, 0.1) is 0 Å². The van der Waals surface area contributed by atoms with Gasteiger partial charge in [-0.15, -0.1) is 0 Å². The predicted octanol–water partition coefficient (Wildman–Crippen LogP) is 5.42. The molecular weight excluding hydrogens is 468 g/mol. The second-order valence-electron chi connectivity index (χ2n) is 9.48. The smallest absolute Gasteiger partial charge is 0.295 e. The Morgan fingerprint density at radius 3 is 2.35 bits per heavy atom. The number of aliphatic hydroxyl groups excluding tert-OH is 1. The molecule has 200 valence electrons. The molecule has 2 aromatic carbocycles. The van der Waals surface area contributed by atoms with E-state index in [1.165, 1.54) is 0 Å². The van der Waals surface area contributed by atoms with Crippen LogP contribution < -0.4 is 9.47 Å². The Morgan fingerprint density at radius 1 is 1.03 bits per heavy atom. The van der Waals surface area contributed by atoms with Crippen molar-refractivity contribution in [2.45, 2.75) is 59.6 Å². The Kier molecular flexibility index (Phi) is 10.1. The fourth-order valence-electron chi connectivity index (χ4n) is 4.58. The lowest BCUT2D eigenvalue weighted by Crippen LogP contribution is -2.33. The first-order valence-electron chi connectivity index (χ1n) is 13.3. The summed E-state index contributed by atoms with van der Waals surface area (Å²) in [6.07, 6.45) is 1.60. The van der Waals surface area contributed by atoms with Crippen LogP contribution in [-0.2, 0) is 9.59 Å². The summed E-state index contributed by atoms with van der Waals surface area (Å²) in [5.74, 6) is -0.118. The highest BCUT2D eigenvalue weighted by Gasteiger charge is 2.45. The average molecular weight is 509 g/mol. The van der Waals surface area contributed by atoms with Crippen molar-refractivity contribution in [2.24, 2.45) is 0 Å². The quantitative estimate of drug-likeness (QED) is 0.221. The minimum Gasteiger partial charge on any atom is -0.507 e. The lowest BCUT2D eigenvalue weighted by molar-refractivity contribution is -0.140. The first kappa shape index (κ1) is 28.3. The molecule has 1 fully saturated rings. The number of likely N-dealkylation sites (tertiary alicyclic amines) is 1. The maximum Gasteiger partial charge on any atom is 0.295 e. The maximum atomic E-state index is 13.3. The van der Waals surface area contributed by atoms with E-state index >= 15 is 0 Å². The number of carbonyl (C=O) groups is 2. The molecule has 7 heteroatoms. The van der Waals surface area contributed by atoms with Gasteiger partial charge in [-0.25, -0.2) is 0 Å². The van der Waals surface area contributed by atoms with Crippen LogP contribution in [0.3, 0.4) is 0 Å². The third-order valence-electron chi connectivity index (χ3n) is 6.45. The topological polar surface area (TPSA) is 79.3 Å². The van der Waals surface area contributed by atoms with Crippen LogP contribution >= 0.6 is 0 Å². The van der Waals surface area contributed by atoms with Crippen molar-refractivity contribution < 1.29 is 24.2 Å². The molecule has 3 rings (SSSR count). The van der Waals surface area contributed by atoms with E-state index in [2.05, 4.69) is 18.7 Å². The van der Waals surface area contributed by atoms with Crippen LogP contribution in [0.15, 0.2) is 54.1 Å². The summed E-state index contributed by atoms with van der Waals surface area (Å²) in [7, 11) is 0. The SMILES string of the molecule is CCCOc1cccc(C2/C(=C(/O)c3ccc(OC(C)C)cc3)C(=O)C(=O)N2CCCN(CC)CC)c1. The van der Waals surface area contributed by atoms with Crippen LogP contribution in [0.1, 0.15) is 64.6 Å². The summed E-state index contributed by atoms with van der Waals surface area (Å²) in [6, 6.07) is 13.7. The van der Waals surface area contributed by atoms with E-state index in [0.717, 1.165) is 38.0 Å². The van der Waals surface area contributed by atoms with Crippen LogP contribution in [-0.4, -0.2) is 65.5 Å². The van der Waals surface area contributed by atoms with Gasteiger partial charge in [-0.2, -0.15) is 0 Å². The lowest BCUT2D eigenvalue weighted by atomic mass is 9.95. The zero-order chi connectivity index (χ0) is 26.9. The molecule has 0 spiro atoms. The van der Waals surface area contributed by atoms with E-state index in [-0.39, 0.29) is 17.4 Å². The van der Waals surface area contributed by atoms with Gasteiger partial charge in [-0.3, -0.25) is 9.59 Å². The van der Waals surface area contributed by atoms with Gasteiger partial charge >= 0.3 is 0 Å². The molecule has 1 atom stereocenters. The standard InChI is InChI=1S/C30H40N2O5/c1-6-19-36-25-12-9-11-23(20-25)27-26(28(33)22-13-15-24(16-14-22)37-21(4)5)29(34)30(35)32(27)18-10-17-31(7-2)8-3/h9,11-16,20-21,27,33H,6-8,10,17-19H2,1-5H3/b28-26-. The van der Waals surface area contributed by atoms with Crippen LogP contribution in [0.4, 0.5) is 0 Å². The van der Waals surface area contributed by atoms with Crippen molar-refractivity contribution in [2.75, 3.05) is 32.8 Å². The molecule has 37 heavy (non-hydrogen) atoms. The zero-order valence-electron chi connectivity index (χ0n) is 22.7. The molecule has 1 heterocycles. The van der Waals surface area contributed by atoms with E-state index < -0.39 is 17.7 Å². The van der Waals surface area contributed by atoms with Crippen molar-refractivity contribution in [3.05, 3.63) is 65.2 Å². The number of amides is 1. The molecule has 1 aliphatic heterocycles. The molecule has 1 N–H and O–H groups in total. The van der Waals surface area contributed by atoms with Crippen LogP contribution in [0.5, 0.6) is 11.5 Å². The highest BCUT2D eigenvalue weighted by molar-refractivity contribution is 6.46. The number of aliphatic hydroxyl groups is 1. The molecule has 1 aliphatic rings. The Balaban J connectivity index is 2.02. The van der Waals surface area contributed by atoms with Crippen LogP contribution in [0.2, 0.25) is 0 Å². The number of nitrogens with zero attached hydrogens (tertiary/aromatic N) is 2. The van der Waals surface area contributed by atoms with Crippen molar-refractivity contribution >= 4 is 17.4 Å². The largest absolute Gasteiger partial charge is 0.507 e. The molecule has 0 aromatic heterocycles. The molecule has 0 aliphatic carbocycles. The van der Waals surface area contributed by atoms with Crippen molar-refractivity contribution in [3.63, 3.8) is 0 Å². The van der Waals surface area contributed by atoms with Gasteiger partial charge in [0.05, 0.1) is 24.3 Å². The summed E-state index contributed by atoms with van der Waals surface area (Å²) in [5, 5.41) is 11.3. The second-order valence-corrected chi connectivity index (χ2v) is 9.48. The van der Waals surface area contributed by atoms with Crippen LogP contribution in [0.25, 0.3) is 5.76 Å². The Hall–Kier alpha value is -3.32. The molecule has 7 nitrogen and oxygen atoms in total. The summed E-state index contributed by atoms with van der Waals surface area (Å²) in [4.78, 5) is 30.4. The Labute approximate surface area is 220 Å². The average Bonchev–Trinajstić information content (AvgIpc) is 3.15. The highest BCUT2D eigenvalue weighted by Crippen LogP contribution is 2.40. The fourth-order valence-corrected chi connectivity index (χ4v) is 4.58. The molecule has 0 bridgehead atoms. The van der Waals surface area contributed by atoms with E-state index in [9.17, 15) is 14.7 Å². The number of ketones is 1. The van der Waals surface area contributed by atoms with Gasteiger partial charge in [0.2, 0.25) is 0 Å². The number of ether oxygens (including phenoxy) is 2. The van der Waals surface area contributed by atoms with E-state index in [0.29, 0.717) is 30.2 Å². The van der Waals surface area contributed by atoms with E-state index in [4.69, 9.17) is 9.47 Å². The molecule has 1 saturated heterocycles. The minimum absolute atomic E-state index is 0.0170. The maximum absolute atomic E-state index is 13.3. The van der Waals surface area contributed by atoms with Crippen molar-refractivity contribution in [3.8, 4) is 11.5 Å². The van der Waals surface area contributed by atoms with Gasteiger partial charge in [-0.05, 0) is 88.3 Å². The Bertz CT molecular complexity index is 1090. The van der Waals surface area contributed by atoms with Gasteiger partial charge in [0.25, 0.3) is 11.7 Å². The van der Waals surface area contributed by atoms with Gasteiger partial charge in [-0.1, -0.05) is 32.9 Å². The number of Topliss-reactive ketones (excluding diaryl/α,β-unsaturated/α-hetero) is 1. The van der Waals surface area contributed by atoms with Crippen molar-refractivity contribution in [1.82, 2.24) is 9.80 Å². The first-order valence-corrected chi connectivity index (χ1v) is 13.3. The molecule has 0 saturated carbocycles.